The normalized spacial score (nSPS) is 19.5. The largest absolute Gasteiger partial charge is 0.486 e. The van der Waals surface area contributed by atoms with Crippen LogP contribution in [0, 0.1) is 5.92 Å². The van der Waals surface area contributed by atoms with Gasteiger partial charge in [0.05, 0.1) is 6.04 Å². The van der Waals surface area contributed by atoms with Crippen molar-refractivity contribution in [2.75, 3.05) is 13.2 Å². The summed E-state index contributed by atoms with van der Waals surface area (Å²) in [6, 6.07) is 15.6. The molecule has 0 aliphatic carbocycles. The zero-order valence-corrected chi connectivity index (χ0v) is 20.6. The maximum absolute atomic E-state index is 13.8. The SMILES string of the molecule is CC(C)(C)c1ccc(C2C(C(=O)c3ccc4c(c3)OCCO4)C(=O)C(=O)N2Cc2cccnc2)cc1. The van der Waals surface area contributed by atoms with Crippen LogP contribution >= 0.6 is 0 Å². The van der Waals surface area contributed by atoms with Crippen molar-refractivity contribution in [3.63, 3.8) is 0 Å². The number of ketones is 2. The Morgan fingerprint density at radius 2 is 1.72 bits per heavy atom. The van der Waals surface area contributed by atoms with E-state index >= 15 is 0 Å². The Morgan fingerprint density at radius 3 is 2.39 bits per heavy atom. The molecule has 1 saturated heterocycles. The van der Waals surface area contributed by atoms with Crippen molar-refractivity contribution in [1.29, 1.82) is 0 Å². The molecule has 36 heavy (non-hydrogen) atoms. The molecule has 0 bridgehead atoms. The summed E-state index contributed by atoms with van der Waals surface area (Å²) in [5.41, 5.74) is 2.89. The van der Waals surface area contributed by atoms with E-state index in [9.17, 15) is 14.4 Å². The van der Waals surface area contributed by atoms with E-state index in [1.165, 1.54) is 4.90 Å². The van der Waals surface area contributed by atoms with Crippen LogP contribution in [0.5, 0.6) is 11.5 Å². The molecule has 1 amide bonds. The summed E-state index contributed by atoms with van der Waals surface area (Å²) in [5, 5.41) is 0. The van der Waals surface area contributed by atoms with Gasteiger partial charge < -0.3 is 14.4 Å². The number of Topliss-reactive ketones (excluding diaryl/α,β-unsaturated/α-hetero) is 2. The Morgan fingerprint density at radius 1 is 1.00 bits per heavy atom. The van der Waals surface area contributed by atoms with Gasteiger partial charge >= 0.3 is 0 Å². The second-order valence-corrected chi connectivity index (χ2v) is 10.2. The number of nitrogens with zero attached hydrogens (tertiary/aromatic N) is 2. The average molecular weight is 485 g/mol. The number of hydrogen-bond acceptors (Lipinski definition) is 6. The smallest absolute Gasteiger partial charge is 0.291 e. The molecule has 3 heterocycles. The first kappa shape index (κ1) is 23.7. The minimum absolute atomic E-state index is 0.0599. The van der Waals surface area contributed by atoms with Gasteiger partial charge in [0.1, 0.15) is 19.1 Å². The van der Waals surface area contributed by atoms with Gasteiger partial charge in [0.2, 0.25) is 5.78 Å². The summed E-state index contributed by atoms with van der Waals surface area (Å²) in [4.78, 5) is 46.0. The third-order valence-electron chi connectivity index (χ3n) is 6.71. The lowest BCUT2D eigenvalue weighted by atomic mass is 9.83. The van der Waals surface area contributed by atoms with E-state index in [0.29, 0.717) is 30.3 Å². The minimum atomic E-state index is -1.17. The summed E-state index contributed by atoms with van der Waals surface area (Å²) in [6.45, 7) is 7.35. The first-order valence-corrected chi connectivity index (χ1v) is 12.0. The average Bonchev–Trinajstić information content (AvgIpc) is 3.13. The molecule has 2 atom stereocenters. The molecule has 2 aliphatic rings. The molecule has 2 unspecified atom stereocenters. The molecule has 5 rings (SSSR count). The van der Waals surface area contributed by atoms with Crippen LogP contribution in [0.25, 0.3) is 0 Å². The number of rotatable bonds is 5. The number of amides is 1. The van der Waals surface area contributed by atoms with Crippen molar-refractivity contribution in [3.8, 4) is 11.5 Å². The Bertz CT molecular complexity index is 1310. The minimum Gasteiger partial charge on any atom is -0.486 e. The molecule has 7 nitrogen and oxygen atoms in total. The predicted octanol–water partition coefficient (Wildman–Crippen LogP) is 4.30. The van der Waals surface area contributed by atoms with E-state index in [1.807, 2.05) is 30.3 Å². The highest BCUT2D eigenvalue weighted by Gasteiger charge is 2.51. The third kappa shape index (κ3) is 4.37. The van der Waals surface area contributed by atoms with Crippen LogP contribution in [0.4, 0.5) is 0 Å². The van der Waals surface area contributed by atoms with Crippen LogP contribution in [0.1, 0.15) is 53.9 Å². The number of carbonyl (C=O) groups is 3. The predicted molar refractivity (Wildman–Crippen MR) is 133 cm³/mol. The molecule has 2 aliphatic heterocycles. The van der Waals surface area contributed by atoms with Crippen molar-refractivity contribution in [3.05, 3.63) is 89.2 Å². The van der Waals surface area contributed by atoms with Crippen LogP contribution in [0.15, 0.2) is 67.0 Å². The van der Waals surface area contributed by atoms with E-state index in [0.717, 1.165) is 16.7 Å². The molecule has 7 heteroatoms. The standard InChI is InChI=1S/C29H28N2O5/c1-29(2,3)21-9-6-19(7-10-21)25-24(26(32)20-8-11-22-23(15-20)36-14-13-35-22)27(33)28(34)31(25)17-18-5-4-12-30-16-18/h4-12,15-16,24-25H,13-14,17H2,1-3H3. The van der Waals surface area contributed by atoms with E-state index in [4.69, 9.17) is 9.47 Å². The fourth-order valence-corrected chi connectivity index (χ4v) is 4.77. The lowest BCUT2D eigenvalue weighted by molar-refractivity contribution is -0.141. The lowest BCUT2D eigenvalue weighted by Crippen LogP contribution is -2.30. The summed E-state index contributed by atoms with van der Waals surface area (Å²) in [6.07, 6.45) is 3.31. The molecule has 0 saturated carbocycles. The van der Waals surface area contributed by atoms with Gasteiger partial charge in [-0.15, -0.1) is 0 Å². The summed E-state index contributed by atoms with van der Waals surface area (Å²) in [5.74, 6) is -1.94. The van der Waals surface area contributed by atoms with Crippen LogP contribution in [-0.2, 0) is 21.5 Å². The van der Waals surface area contributed by atoms with Gasteiger partial charge in [-0.05, 0) is 46.4 Å². The number of pyridine rings is 1. The van der Waals surface area contributed by atoms with Crippen molar-refractivity contribution in [1.82, 2.24) is 9.88 Å². The third-order valence-corrected chi connectivity index (χ3v) is 6.71. The Kier molecular flexibility index (Phi) is 6.08. The lowest BCUT2D eigenvalue weighted by Gasteiger charge is -2.28. The van der Waals surface area contributed by atoms with Crippen LogP contribution < -0.4 is 9.47 Å². The number of fused-ring (bicyclic) bond motifs is 1. The van der Waals surface area contributed by atoms with Crippen LogP contribution in [-0.4, -0.2) is 40.6 Å². The number of benzene rings is 2. The Hall–Kier alpha value is -4.00. The molecule has 0 radical (unpaired) electrons. The zero-order chi connectivity index (χ0) is 25.4. The molecule has 2 aromatic carbocycles. The number of ether oxygens (including phenoxy) is 2. The van der Waals surface area contributed by atoms with Crippen molar-refractivity contribution >= 4 is 17.5 Å². The molecule has 0 spiro atoms. The number of hydrogen-bond donors (Lipinski definition) is 0. The molecule has 1 fully saturated rings. The molecule has 0 N–H and O–H groups in total. The van der Waals surface area contributed by atoms with E-state index < -0.39 is 29.4 Å². The highest BCUT2D eigenvalue weighted by Crippen LogP contribution is 2.41. The topological polar surface area (TPSA) is 85.8 Å². The molecule has 3 aromatic rings. The van der Waals surface area contributed by atoms with Gasteiger partial charge in [-0.3, -0.25) is 19.4 Å². The van der Waals surface area contributed by atoms with Gasteiger partial charge in [-0.1, -0.05) is 51.1 Å². The fraction of sp³-hybridized carbons (Fsp3) is 0.310. The zero-order valence-electron chi connectivity index (χ0n) is 20.6. The number of carbonyl (C=O) groups excluding carboxylic acids is 3. The summed E-state index contributed by atoms with van der Waals surface area (Å²) < 4.78 is 11.2. The first-order chi connectivity index (χ1) is 17.2. The van der Waals surface area contributed by atoms with Gasteiger partial charge in [0.15, 0.2) is 17.3 Å². The summed E-state index contributed by atoms with van der Waals surface area (Å²) >= 11 is 0. The highest BCUT2D eigenvalue weighted by atomic mass is 16.6. The second kappa shape index (κ2) is 9.22. The van der Waals surface area contributed by atoms with Gasteiger partial charge in [0.25, 0.3) is 5.91 Å². The first-order valence-electron chi connectivity index (χ1n) is 12.0. The van der Waals surface area contributed by atoms with Gasteiger partial charge in [-0.2, -0.15) is 0 Å². The van der Waals surface area contributed by atoms with E-state index in [1.54, 1.807) is 36.7 Å². The van der Waals surface area contributed by atoms with Gasteiger partial charge in [0, 0.05) is 24.5 Å². The van der Waals surface area contributed by atoms with E-state index in [2.05, 4.69) is 25.8 Å². The molecule has 184 valence electrons. The highest BCUT2D eigenvalue weighted by molar-refractivity contribution is 6.44. The Labute approximate surface area is 210 Å². The Balaban J connectivity index is 1.56. The van der Waals surface area contributed by atoms with Crippen LogP contribution in [0.3, 0.4) is 0 Å². The maximum Gasteiger partial charge on any atom is 0.291 e. The molecule has 1 aromatic heterocycles. The molecular formula is C29H28N2O5. The van der Waals surface area contributed by atoms with Crippen molar-refractivity contribution in [2.45, 2.75) is 38.8 Å². The second-order valence-electron chi connectivity index (χ2n) is 10.2. The van der Waals surface area contributed by atoms with E-state index in [-0.39, 0.29) is 12.0 Å². The number of aromatic nitrogens is 1. The maximum atomic E-state index is 13.8. The monoisotopic (exact) mass is 484 g/mol. The molecular weight excluding hydrogens is 456 g/mol. The van der Waals surface area contributed by atoms with Crippen molar-refractivity contribution < 1.29 is 23.9 Å². The quantitative estimate of drug-likeness (QED) is 0.305. The fourth-order valence-electron chi connectivity index (χ4n) is 4.77. The van der Waals surface area contributed by atoms with Crippen molar-refractivity contribution in [2.24, 2.45) is 5.92 Å². The van der Waals surface area contributed by atoms with Crippen LogP contribution in [0.2, 0.25) is 0 Å². The summed E-state index contributed by atoms with van der Waals surface area (Å²) in [7, 11) is 0. The number of likely N-dealkylation sites (tertiary alicyclic amines) is 1. The van der Waals surface area contributed by atoms with Gasteiger partial charge in [-0.25, -0.2) is 0 Å².